The lowest BCUT2D eigenvalue weighted by Crippen LogP contribution is -2.39. The summed E-state index contributed by atoms with van der Waals surface area (Å²) >= 11 is 12.1. The Morgan fingerprint density at radius 1 is 0.974 bits per heavy atom. The lowest BCUT2D eigenvalue weighted by molar-refractivity contribution is 0.0364. The van der Waals surface area contributed by atoms with E-state index in [2.05, 4.69) is 15.2 Å². The third kappa shape index (κ3) is 5.76. The minimum Gasteiger partial charge on any atom is -0.379 e. The maximum Gasteiger partial charge on any atom is 0.258 e. The fraction of sp³-hybridized carbons (Fsp3) is 0.276. The van der Waals surface area contributed by atoms with Crippen LogP contribution in [-0.4, -0.2) is 53.2 Å². The van der Waals surface area contributed by atoms with Crippen LogP contribution >= 0.6 is 23.2 Å². The number of aryl methyl sites for hydroxylation is 2. The van der Waals surface area contributed by atoms with E-state index in [1.54, 1.807) is 18.2 Å². The molecule has 0 atom stereocenters. The average molecular weight is 551 g/mol. The molecule has 2 aromatic carbocycles. The molecule has 2 aromatic heterocycles. The maximum atomic E-state index is 13.9. The number of benzene rings is 2. The first kappa shape index (κ1) is 26.4. The predicted octanol–water partition coefficient (Wildman–Crippen LogP) is 5.57. The van der Waals surface area contributed by atoms with Gasteiger partial charge in [0.2, 0.25) is 0 Å². The number of carbonyl (C=O) groups is 1. The molecule has 0 spiro atoms. The van der Waals surface area contributed by atoms with E-state index in [0.29, 0.717) is 46.6 Å². The van der Waals surface area contributed by atoms with Crippen LogP contribution in [0.2, 0.25) is 10.0 Å². The van der Waals surface area contributed by atoms with Crippen molar-refractivity contribution in [1.82, 2.24) is 14.5 Å². The monoisotopic (exact) mass is 550 g/mol. The summed E-state index contributed by atoms with van der Waals surface area (Å²) in [4.78, 5) is 33.6. The quantitative estimate of drug-likeness (QED) is 0.339. The highest BCUT2D eigenvalue weighted by molar-refractivity contribution is 6.35. The van der Waals surface area contributed by atoms with Crippen LogP contribution in [0.1, 0.15) is 21.6 Å². The summed E-state index contributed by atoms with van der Waals surface area (Å²) in [5.74, 6) is -0.342. The molecule has 3 heterocycles. The molecule has 0 aliphatic carbocycles. The van der Waals surface area contributed by atoms with Crippen molar-refractivity contribution in [1.29, 1.82) is 0 Å². The minimum atomic E-state index is -0.342. The topological polar surface area (TPSA) is 76.5 Å². The van der Waals surface area contributed by atoms with Crippen LogP contribution in [0.15, 0.2) is 59.5 Å². The standard InChI is InChI=1S/C29H28Cl2N4O3/c1-18-3-4-24(33-28(36)20-12-22(30)15-23(31)13-20)16-25(18)26-14-21-17-32-19(2)11-27(21)35(29(26)37)6-5-34-7-9-38-10-8-34/h3-4,11-17H,5-10H2,1-2H3,(H,33,36). The van der Waals surface area contributed by atoms with Gasteiger partial charge >= 0.3 is 0 Å². The number of halogens is 2. The van der Waals surface area contributed by atoms with Crippen molar-refractivity contribution in [2.24, 2.45) is 0 Å². The molecule has 38 heavy (non-hydrogen) atoms. The van der Waals surface area contributed by atoms with Gasteiger partial charge in [-0.3, -0.25) is 19.5 Å². The number of nitrogens with one attached hydrogen (secondary N) is 1. The van der Waals surface area contributed by atoms with Crippen molar-refractivity contribution in [2.45, 2.75) is 20.4 Å². The third-order valence-electron chi connectivity index (χ3n) is 6.77. The van der Waals surface area contributed by atoms with Crippen molar-refractivity contribution < 1.29 is 9.53 Å². The van der Waals surface area contributed by atoms with Crippen molar-refractivity contribution >= 4 is 45.7 Å². The zero-order valence-electron chi connectivity index (χ0n) is 21.3. The number of fused-ring (bicyclic) bond motifs is 1. The molecule has 5 rings (SSSR count). The molecule has 7 nitrogen and oxygen atoms in total. The second-order valence-corrected chi connectivity index (χ2v) is 10.4. The molecular formula is C29H28Cl2N4O3. The molecule has 1 N–H and O–H groups in total. The van der Waals surface area contributed by atoms with Gasteiger partial charge in [0.15, 0.2) is 0 Å². The fourth-order valence-corrected chi connectivity index (χ4v) is 5.26. The molecule has 1 aliphatic heterocycles. The van der Waals surface area contributed by atoms with E-state index in [1.807, 2.05) is 54.9 Å². The highest BCUT2D eigenvalue weighted by atomic mass is 35.5. The lowest BCUT2D eigenvalue weighted by Gasteiger charge is -2.27. The van der Waals surface area contributed by atoms with Crippen molar-refractivity contribution in [2.75, 3.05) is 38.2 Å². The maximum absolute atomic E-state index is 13.9. The van der Waals surface area contributed by atoms with Gasteiger partial charge in [-0.05, 0) is 67.4 Å². The van der Waals surface area contributed by atoms with Crippen LogP contribution in [0.5, 0.6) is 0 Å². The van der Waals surface area contributed by atoms with Crippen LogP contribution < -0.4 is 10.9 Å². The summed E-state index contributed by atoms with van der Waals surface area (Å²) in [7, 11) is 0. The number of carbonyl (C=O) groups excluding carboxylic acids is 1. The Morgan fingerprint density at radius 2 is 1.71 bits per heavy atom. The molecule has 0 radical (unpaired) electrons. The Balaban J connectivity index is 1.52. The average Bonchev–Trinajstić information content (AvgIpc) is 2.89. The van der Waals surface area contributed by atoms with Gasteiger partial charge in [-0.2, -0.15) is 0 Å². The predicted molar refractivity (Wildman–Crippen MR) is 153 cm³/mol. The number of aromatic nitrogens is 2. The van der Waals surface area contributed by atoms with Crippen LogP contribution in [0.3, 0.4) is 0 Å². The number of anilines is 1. The number of hydrogen-bond acceptors (Lipinski definition) is 5. The Morgan fingerprint density at radius 3 is 2.45 bits per heavy atom. The summed E-state index contributed by atoms with van der Waals surface area (Å²) in [6, 6.07) is 14.1. The van der Waals surface area contributed by atoms with E-state index in [9.17, 15) is 9.59 Å². The van der Waals surface area contributed by atoms with Gasteiger partial charge in [-0.15, -0.1) is 0 Å². The third-order valence-corrected chi connectivity index (χ3v) is 7.21. The molecule has 4 aromatic rings. The van der Waals surface area contributed by atoms with E-state index in [-0.39, 0.29) is 11.5 Å². The molecular weight excluding hydrogens is 523 g/mol. The van der Waals surface area contributed by atoms with E-state index in [1.165, 1.54) is 0 Å². The van der Waals surface area contributed by atoms with Crippen molar-refractivity contribution in [3.63, 3.8) is 0 Å². The van der Waals surface area contributed by atoms with Gasteiger partial charge in [0.25, 0.3) is 11.5 Å². The molecule has 1 saturated heterocycles. The smallest absolute Gasteiger partial charge is 0.258 e. The van der Waals surface area contributed by atoms with Gasteiger partial charge < -0.3 is 14.6 Å². The van der Waals surface area contributed by atoms with Gasteiger partial charge in [-0.25, -0.2) is 0 Å². The summed E-state index contributed by atoms with van der Waals surface area (Å²) in [5.41, 5.74) is 4.78. The summed E-state index contributed by atoms with van der Waals surface area (Å²) in [6.07, 6.45) is 1.81. The second kappa shape index (κ2) is 11.3. The molecule has 1 amide bonds. The molecule has 0 saturated carbocycles. The van der Waals surface area contributed by atoms with E-state index in [0.717, 1.165) is 47.4 Å². The van der Waals surface area contributed by atoms with Gasteiger partial charge in [0.05, 0.1) is 18.7 Å². The Kier molecular flexibility index (Phi) is 7.81. The Hall–Kier alpha value is -3.23. The molecule has 0 unspecified atom stereocenters. The molecule has 0 bridgehead atoms. The number of morpholine rings is 1. The fourth-order valence-electron chi connectivity index (χ4n) is 4.73. The van der Waals surface area contributed by atoms with Gasteiger partial charge in [0, 0.05) is 70.3 Å². The zero-order valence-corrected chi connectivity index (χ0v) is 22.8. The van der Waals surface area contributed by atoms with Crippen molar-refractivity contribution in [3.05, 3.63) is 91.9 Å². The van der Waals surface area contributed by atoms with Gasteiger partial charge in [-0.1, -0.05) is 29.3 Å². The molecule has 9 heteroatoms. The number of pyridine rings is 2. The van der Waals surface area contributed by atoms with Gasteiger partial charge in [0.1, 0.15) is 0 Å². The lowest BCUT2D eigenvalue weighted by atomic mass is 9.99. The summed E-state index contributed by atoms with van der Waals surface area (Å²) in [6.45, 7) is 8.30. The number of hydrogen-bond donors (Lipinski definition) is 1. The molecule has 196 valence electrons. The Labute approximate surface area is 231 Å². The molecule has 1 fully saturated rings. The molecule has 1 aliphatic rings. The van der Waals surface area contributed by atoms with E-state index < -0.39 is 0 Å². The SMILES string of the molecule is Cc1cc2c(cn1)cc(-c1cc(NC(=O)c3cc(Cl)cc(Cl)c3)ccc1C)c(=O)n2CCN1CCOCC1. The summed E-state index contributed by atoms with van der Waals surface area (Å²) < 4.78 is 7.31. The number of amides is 1. The first-order valence-corrected chi connectivity index (χ1v) is 13.2. The number of nitrogens with zero attached hydrogens (tertiary/aromatic N) is 3. The summed E-state index contributed by atoms with van der Waals surface area (Å²) in [5, 5.41) is 4.54. The highest BCUT2D eigenvalue weighted by Crippen LogP contribution is 2.28. The van der Waals surface area contributed by atoms with E-state index in [4.69, 9.17) is 27.9 Å². The first-order valence-electron chi connectivity index (χ1n) is 12.5. The second-order valence-electron chi connectivity index (χ2n) is 9.50. The highest BCUT2D eigenvalue weighted by Gasteiger charge is 2.17. The Bertz CT molecular complexity index is 1560. The van der Waals surface area contributed by atoms with Crippen molar-refractivity contribution in [3.8, 4) is 11.1 Å². The minimum absolute atomic E-state index is 0.0791. The van der Waals surface area contributed by atoms with Crippen LogP contribution in [0.4, 0.5) is 5.69 Å². The normalized spacial score (nSPS) is 14.1. The first-order chi connectivity index (χ1) is 18.3. The van der Waals surface area contributed by atoms with E-state index >= 15 is 0 Å². The largest absolute Gasteiger partial charge is 0.379 e. The number of rotatable bonds is 6. The van der Waals surface area contributed by atoms with Crippen LogP contribution in [0, 0.1) is 13.8 Å². The van der Waals surface area contributed by atoms with Crippen LogP contribution in [-0.2, 0) is 11.3 Å². The van der Waals surface area contributed by atoms with Crippen LogP contribution in [0.25, 0.3) is 22.0 Å². The number of ether oxygens (including phenoxy) is 1. The zero-order chi connectivity index (χ0) is 26.8.